The minimum absolute atomic E-state index is 0.0240. The molecule has 1 amide bonds. The monoisotopic (exact) mass is 531 g/mol. The highest BCUT2D eigenvalue weighted by Crippen LogP contribution is 2.37. The van der Waals surface area contributed by atoms with Crippen LogP contribution in [0.25, 0.3) is 22.2 Å². The number of carbonyl (C=O) groups excluding carboxylic acids is 1. The number of anilines is 1. The quantitative estimate of drug-likeness (QED) is 0.272. The number of hydrogen-bond acceptors (Lipinski definition) is 4. The second kappa shape index (κ2) is 10.5. The maximum atomic E-state index is 12.8. The highest BCUT2D eigenvalue weighted by atomic mass is 32.2. The van der Waals surface area contributed by atoms with Gasteiger partial charge < -0.3 is 9.67 Å². The molecule has 1 aliphatic rings. The number of aromatic carboxylic acids is 1. The van der Waals surface area contributed by atoms with E-state index in [1.54, 1.807) is 18.2 Å². The topological polar surface area (TPSA) is 113 Å². The number of fused-ring (bicyclic) bond motifs is 1. The number of rotatable bonds is 9. The van der Waals surface area contributed by atoms with Crippen LogP contribution in [0.2, 0.25) is 0 Å². The summed E-state index contributed by atoms with van der Waals surface area (Å²) in [6.45, 7) is 4.52. The second-order valence-electron chi connectivity index (χ2n) is 9.69. The summed E-state index contributed by atoms with van der Waals surface area (Å²) in [5, 5.41) is 10.5. The van der Waals surface area contributed by atoms with Crippen LogP contribution in [0.5, 0.6) is 0 Å². The predicted octanol–water partition coefficient (Wildman–Crippen LogP) is 5.59. The van der Waals surface area contributed by atoms with Crippen LogP contribution in [0.4, 0.5) is 5.69 Å². The fraction of sp³-hybridized carbons (Fsp3) is 0.276. The van der Waals surface area contributed by atoms with Crippen molar-refractivity contribution in [3.8, 4) is 11.1 Å². The van der Waals surface area contributed by atoms with Gasteiger partial charge in [0.05, 0.1) is 5.69 Å². The molecule has 9 heteroatoms. The first-order valence-corrected chi connectivity index (χ1v) is 13.7. The van der Waals surface area contributed by atoms with E-state index in [0.717, 1.165) is 57.8 Å². The molecule has 0 spiro atoms. The van der Waals surface area contributed by atoms with Gasteiger partial charge >= 0.3 is 5.97 Å². The van der Waals surface area contributed by atoms with E-state index in [1.807, 2.05) is 43.3 Å². The van der Waals surface area contributed by atoms with E-state index in [2.05, 4.69) is 22.5 Å². The largest absolute Gasteiger partial charge is 0.477 e. The lowest BCUT2D eigenvalue weighted by Crippen LogP contribution is -2.34. The minimum atomic E-state index is -2.47. The van der Waals surface area contributed by atoms with Crippen molar-refractivity contribution in [3.63, 3.8) is 0 Å². The number of nitrogens with zero attached hydrogens (tertiary/aromatic N) is 3. The Bertz CT molecular complexity index is 1560. The molecule has 4 aromatic rings. The number of aromatic nitrogens is 2. The summed E-state index contributed by atoms with van der Waals surface area (Å²) in [6, 6.07) is 18.6. The Morgan fingerprint density at radius 1 is 1.11 bits per heavy atom. The Morgan fingerprint density at radius 2 is 1.82 bits per heavy atom. The molecule has 1 unspecified atom stereocenters. The number of hydrogen-bond donors (Lipinski definition) is 2. The van der Waals surface area contributed by atoms with Gasteiger partial charge in [0, 0.05) is 29.1 Å². The highest BCUT2D eigenvalue weighted by molar-refractivity contribution is 7.81. The number of amides is 1. The maximum absolute atomic E-state index is 12.8. The first-order valence-electron chi connectivity index (χ1n) is 12.6. The van der Waals surface area contributed by atoms with Crippen LogP contribution in [-0.2, 0) is 29.0 Å². The van der Waals surface area contributed by atoms with E-state index in [0.29, 0.717) is 23.4 Å². The van der Waals surface area contributed by atoms with Gasteiger partial charge in [0.15, 0.2) is 5.69 Å². The SMILES string of the molecule is CCCc1cc2c(C)cc(C(=O)O)nc2n1Cc1ccc(-c2ccccc2N(C(=O)C2CC2)S(=O)O)cc1. The van der Waals surface area contributed by atoms with Crippen molar-refractivity contribution >= 4 is 39.9 Å². The Morgan fingerprint density at radius 3 is 2.45 bits per heavy atom. The van der Waals surface area contributed by atoms with E-state index >= 15 is 0 Å². The standard InChI is InChI=1S/C29H29N3O5S/c1-3-6-22-16-24-18(2)15-25(29(34)35)30-27(24)31(22)17-19-9-11-20(12-10-19)23-7-4-5-8-26(23)32(38(36)37)28(33)21-13-14-21/h4-5,7-12,15-16,21H,3,6,13-14,17H2,1-2H3,(H,34,35)(H,36,37). The Labute approximate surface area is 223 Å². The molecule has 1 aliphatic carbocycles. The van der Waals surface area contributed by atoms with Gasteiger partial charge in [0.2, 0.25) is 5.91 Å². The maximum Gasteiger partial charge on any atom is 0.354 e. The van der Waals surface area contributed by atoms with E-state index in [4.69, 9.17) is 0 Å². The van der Waals surface area contributed by atoms with Crippen molar-refractivity contribution in [2.45, 2.75) is 46.1 Å². The van der Waals surface area contributed by atoms with Gasteiger partial charge in [-0.3, -0.25) is 9.35 Å². The number of benzene rings is 2. The van der Waals surface area contributed by atoms with Gasteiger partial charge in [-0.2, -0.15) is 0 Å². The summed E-state index contributed by atoms with van der Waals surface area (Å²) in [5.74, 6) is -1.59. The van der Waals surface area contributed by atoms with Crippen molar-refractivity contribution in [3.05, 3.63) is 83.2 Å². The fourth-order valence-electron chi connectivity index (χ4n) is 4.82. The first-order chi connectivity index (χ1) is 18.3. The van der Waals surface area contributed by atoms with Crippen molar-refractivity contribution in [1.29, 1.82) is 0 Å². The fourth-order valence-corrected chi connectivity index (χ4v) is 5.45. The van der Waals surface area contributed by atoms with Crippen LogP contribution >= 0.6 is 0 Å². The van der Waals surface area contributed by atoms with Crippen LogP contribution in [-0.4, -0.2) is 35.3 Å². The lowest BCUT2D eigenvalue weighted by Gasteiger charge is -2.21. The van der Waals surface area contributed by atoms with Crippen molar-refractivity contribution in [2.75, 3.05) is 4.31 Å². The molecule has 0 radical (unpaired) electrons. The Kier molecular flexibility index (Phi) is 7.14. The molecule has 2 aromatic heterocycles. The Balaban J connectivity index is 1.50. The van der Waals surface area contributed by atoms with Gasteiger partial charge in [-0.25, -0.2) is 18.3 Å². The molecule has 38 heavy (non-hydrogen) atoms. The third-order valence-electron chi connectivity index (χ3n) is 6.90. The van der Waals surface area contributed by atoms with Crippen molar-refractivity contribution in [2.24, 2.45) is 5.92 Å². The average molecular weight is 532 g/mol. The molecule has 1 saturated carbocycles. The third kappa shape index (κ3) is 4.99. The van der Waals surface area contributed by atoms with Crippen LogP contribution < -0.4 is 4.31 Å². The molecule has 1 fully saturated rings. The summed E-state index contributed by atoms with van der Waals surface area (Å²) in [7, 11) is 0. The van der Waals surface area contributed by atoms with Crippen LogP contribution in [0.1, 0.15) is 53.5 Å². The van der Waals surface area contributed by atoms with Crippen LogP contribution in [0, 0.1) is 12.8 Å². The van der Waals surface area contributed by atoms with Gasteiger partial charge in [-0.05, 0) is 61.1 Å². The van der Waals surface area contributed by atoms with Crippen LogP contribution in [0.3, 0.4) is 0 Å². The van der Waals surface area contributed by atoms with Crippen LogP contribution in [0.15, 0.2) is 60.7 Å². The molecular weight excluding hydrogens is 502 g/mol. The lowest BCUT2D eigenvalue weighted by atomic mass is 10.0. The molecule has 0 bridgehead atoms. The number of carbonyl (C=O) groups is 2. The summed E-state index contributed by atoms with van der Waals surface area (Å²) >= 11 is -2.47. The van der Waals surface area contributed by atoms with E-state index in [-0.39, 0.29) is 17.5 Å². The number of carboxylic acid groups (broad SMARTS) is 1. The third-order valence-corrected chi connectivity index (χ3v) is 7.58. The highest BCUT2D eigenvalue weighted by Gasteiger charge is 2.37. The zero-order valence-electron chi connectivity index (χ0n) is 21.3. The summed E-state index contributed by atoms with van der Waals surface area (Å²) in [5.41, 5.74) is 5.56. The lowest BCUT2D eigenvalue weighted by molar-refractivity contribution is -0.118. The van der Waals surface area contributed by atoms with Gasteiger partial charge in [0.1, 0.15) is 5.65 Å². The molecule has 2 aromatic carbocycles. The zero-order valence-corrected chi connectivity index (χ0v) is 22.1. The first kappa shape index (κ1) is 25.8. The second-order valence-corrected chi connectivity index (χ2v) is 10.5. The minimum Gasteiger partial charge on any atom is -0.477 e. The predicted molar refractivity (Wildman–Crippen MR) is 147 cm³/mol. The zero-order chi connectivity index (χ0) is 27.0. The Hall–Kier alpha value is -3.82. The van der Waals surface area contributed by atoms with Crippen molar-refractivity contribution < 1.29 is 23.5 Å². The molecule has 5 rings (SSSR count). The normalized spacial score (nSPS) is 14.0. The molecule has 8 nitrogen and oxygen atoms in total. The number of carboxylic acids is 1. The van der Waals surface area contributed by atoms with Gasteiger partial charge in [-0.15, -0.1) is 0 Å². The summed E-state index contributed by atoms with van der Waals surface area (Å²) in [6.07, 6.45) is 3.26. The van der Waals surface area contributed by atoms with Crippen molar-refractivity contribution in [1.82, 2.24) is 9.55 Å². The van der Waals surface area contributed by atoms with Gasteiger partial charge in [-0.1, -0.05) is 55.8 Å². The van der Waals surface area contributed by atoms with Gasteiger partial charge in [0.25, 0.3) is 11.3 Å². The molecule has 0 aliphatic heterocycles. The molecule has 196 valence electrons. The molecule has 2 N–H and O–H groups in total. The summed E-state index contributed by atoms with van der Waals surface area (Å²) in [4.78, 5) is 28.9. The van der Waals surface area contributed by atoms with E-state index in [9.17, 15) is 23.5 Å². The smallest absolute Gasteiger partial charge is 0.354 e. The average Bonchev–Trinajstić information content (AvgIpc) is 3.69. The van der Waals surface area contributed by atoms with E-state index in [1.165, 1.54) is 0 Å². The molecule has 2 heterocycles. The summed E-state index contributed by atoms with van der Waals surface area (Å²) < 4.78 is 25.1. The number of aryl methyl sites for hydroxylation is 2. The van der Waals surface area contributed by atoms with E-state index < -0.39 is 17.2 Å². The number of pyridine rings is 1. The molecule has 0 saturated heterocycles. The molecular formula is C29H29N3O5S. The molecule has 1 atom stereocenters. The number of para-hydroxylation sites is 1.